The van der Waals surface area contributed by atoms with E-state index in [0.717, 1.165) is 18.0 Å². The summed E-state index contributed by atoms with van der Waals surface area (Å²) in [6.07, 6.45) is 1.00. The Morgan fingerprint density at radius 2 is 2.00 bits per heavy atom. The lowest BCUT2D eigenvalue weighted by molar-refractivity contribution is 0.788. The van der Waals surface area contributed by atoms with Gasteiger partial charge in [0.1, 0.15) is 0 Å². The molecule has 1 rings (SSSR count). The molecule has 0 unspecified atom stereocenters. The highest BCUT2D eigenvalue weighted by molar-refractivity contribution is 6.31. The second-order valence-electron chi connectivity index (χ2n) is 3.40. The maximum absolute atomic E-state index is 6.14. The summed E-state index contributed by atoms with van der Waals surface area (Å²) in [5.74, 6) is 0. The lowest BCUT2D eigenvalue weighted by Gasteiger charge is -2.09. The van der Waals surface area contributed by atoms with Crippen LogP contribution in [-0.4, -0.2) is 13.6 Å². The van der Waals surface area contributed by atoms with Crippen LogP contribution in [0.3, 0.4) is 0 Å². The van der Waals surface area contributed by atoms with Crippen LogP contribution in [0.1, 0.15) is 16.7 Å². The number of hydrogen-bond acceptors (Lipinski definition) is 1. The molecule has 2 heteroatoms. The first kappa shape index (κ1) is 10.6. The second kappa shape index (κ2) is 4.64. The SMILES string of the molecule is CNCCc1c(C)cc(C)cc1Cl. The average Bonchev–Trinajstić information content (AvgIpc) is 2.02. The monoisotopic (exact) mass is 197 g/mol. The zero-order chi connectivity index (χ0) is 9.84. The lowest BCUT2D eigenvalue weighted by Crippen LogP contribution is -2.11. The molecule has 72 valence electrons. The van der Waals surface area contributed by atoms with Gasteiger partial charge in [-0.2, -0.15) is 0 Å². The molecule has 13 heavy (non-hydrogen) atoms. The Morgan fingerprint density at radius 3 is 2.54 bits per heavy atom. The third-order valence-corrected chi connectivity index (χ3v) is 2.53. The van der Waals surface area contributed by atoms with Crippen LogP contribution < -0.4 is 5.32 Å². The first-order valence-corrected chi connectivity index (χ1v) is 4.93. The number of likely N-dealkylation sites (N-methyl/N-ethyl adjacent to an activating group) is 1. The Kier molecular flexibility index (Phi) is 3.76. The Balaban J connectivity index is 2.92. The van der Waals surface area contributed by atoms with E-state index in [1.165, 1.54) is 16.7 Å². The number of halogens is 1. The third-order valence-electron chi connectivity index (χ3n) is 2.19. The number of hydrogen-bond donors (Lipinski definition) is 1. The molecular weight excluding hydrogens is 182 g/mol. The van der Waals surface area contributed by atoms with Crippen molar-refractivity contribution in [1.29, 1.82) is 0 Å². The van der Waals surface area contributed by atoms with Crippen LogP contribution in [0.4, 0.5) is 0 Å². The minimum Gasteiger partial charge on any atom is -0.319 e. The summed E-state index contributed by atoms with van der Waals surface area (Å²) in [5.41, 5.74) is 3.79. The quantitative estimate of drug-likeness (QED) is 0.786. The van der Waals surface area contributed by atoms with Gasteiger partial charge in [-0.15, -0.1) is 0 Å². The van der Waals surface area contributed by atoms with Gasteiger partial charge in [-0.3, -0.25) is 0 Å². The van der Waals surface area contributed by atoms with Crippen molar-refractivity contribution in [1.82, 2.24) is 5.32 Å². The molecule has 0 atom stereocenters. The highest BCUT2D eigenvalue weighted by atomic mass is 35.5. The van der Waals surface area contributed by atoms with Crippen molar-refractivity contribution in [2.45, 2.75) is 20.3 Å². The third kappa shape index (κ3) is 2.71. The van der Waals surface area contributed by atoms with Gasteiger partial charge in [0.25, 0.3) is 0 Å². The van der Waals surface area contributed by atoms with Gasteiger partial charge in [0.05, 0.1) is 0 Å². The smallest absolute Gasteiger partial charge is 0.0443 e. The molecule has 0 aliphatic rings. The first-order chi connectivity index (χ1) is 6.15. The zero-order valence-electron chi connectivity index (χ0n) is 8.45. The van der Waals surface area contributed by atoms with E-state index in [1.54, 1.807) is 0 Å². The van der Waals surface area contributed by atoms with E-state index in [0.29, 0.717) is 0 Å². The number of rotatable bonds is 3. The molecule has 0 saturated heterocycles. The van der Waals surface area contributed by atoms with Gasteiger partial charge in [-0.25, -0.2) is 0 Å². The van der Waals surface area contributed by atoms with Crippen molar-refractivity contribution < 1.29 is 0 Å². The van der Waals surface area contributed by atoms with Gasteiger partial charge in [0, 0.05) is 5.02 Å². The molecular formula is C11H16ClN. The summed E-state index contributed by atoms with van der Waals surface area (Å²) in [6, 6.07) is 4.20. The normalized spacial score (nSPS) is 10.5. The Morgan fingerprint density at radius 1 is 1.31 bits per heavy atom. The van der Waals surface area contributed by atoms with Gasteiger partial charge >= 0.3 is 0 Å². The standard InChI is InChI=1S/C11H16ClN/c1-8-6-9(2)10(4-5-13-3)11(12)7-8/h6-7,13H,4-5H2,1-3H3. The molecule has 0 radical (unpaired) electrons. The summed E-state index contributed by atoms with van der Waals surface area (Å²) >= 11 is 6.14. The van der Waals surface area contributed by atoms with Crippen LogP contribution in [-0.2, 0) is 6.42 Å². The molecule has 1 N–H and O–H groups in total. The topological polar surface area (TPSA) is 12.0 Å². The lowest BCUT2D eigenvalue weighted by atomic mass is 10.0. The molecule has 0 saturated carbocycles. The van der Waals surface area contributed by atoms with Crippen LogP contribution in [0.25, 0.3) is 0 Å². The highest BCUT2D eigenvalue weighted by Gasteiger charge is 2.03. The molecule has 0 heterocycles. The minimum absolute atomic E-state index is 0.896. The predicted molar refractivity (Wildman–Crippen MR) is 58.6 cm³/mol. The van der Waals surface area contributed by atoms with Crippen molar-refractivity contribution in [2.24, 2.45) is 0 Å². The summed E-state index contributed by atoms with van der Waals surface area (Å²) in [5, 5.41) is 4.02. The number of aryl methyl sites for hydroxylation is 2. The molecule has 0 bridgehead atoms. The number of benzene rings is 1. The van der Waals surface area contributed by atoms with E-state index < -0.39 is 0 Å². The molecule has 0 aromatic heterocycles. The van der Waals surface area contributed by atoms with Crippen LogP contribution >= 0.6 is 11.6 Å². The van der Waals surface area contributed by atoms with E-state index in [9.17, 15) is 0 Å². The van der Waals surface area contributed by atoms with E-state index in [4.69, 9.17) is 11.6 Å². The van der Waals surface area contributed by atoms with Gasteiger partial charge in [0.15, 0.2) is 0 Å². The fourth-order valence-corrected chi connectivity index (χ4v) is 1.93. The van der Waals surface area contributed by atoms with E-state index in [2.05, 4.69) is 25.2 Å². The number of nitrogens with one attached hydrogen (secondary N) is 1. The molecule has 1 nitrogen and oxygen atoms in total. The van der Waals surface area contributed by atoms with Gasteiger partial charge in [0.2, 0.25) is 0 Å². The van der Waals surface area contributed by atoms with Crippen LogP contribution in [0.5, 0.6) is 0 Å². The molecule has 0 fully saturated rings. The van der Waals surface area contributed by atoms with Gasteiger partial charge in [-0.1, -0.05) is 17.7 Å². The molecule has 1 aromatic carbocycles. The van der Waals surface area contributed by atoms with E-state index >= 15 is 0 Å². The van der Waals surface area contributed by atoms with Crippen LogP contribution in [0.15, 0.2) is 12.1 Å². The maximum Gasteiger partial charge on any atom is 0.0443 e. The molecule has 0 aliphatic carbocycles. The van der Waals surface area contributed by atoms with Crippen molar-refractivity contribution >= 4 is 11.6 Å². The van der Waals surface area contributed by atoms with Crippen molar-refractivity contribution in [3.05, 3.63) is 33.8 Å². The Hall–Kier alpha value is -0.530. The van der Waals surface area contributed by atoms with Gasteiger partial charge in [-0.05, 0) is 56.6 Å². The minimum atomic E-state index is 0.896. The largest absolute Gasteiger partial charge is 0.319 e. The first-order valence-electron chi connectivity index (χ1n) is 4.55. The Bertz CT molecular complexity index is 271. The van der Waals surface area contributed by atoms with E-state index in [1.807, 2.05) is 13.1 Å². The summed E-state index contributed by atoms with van der Waals surface area (Å²) in [7, 11) is 1.96. The molecule has 1 aromatic rings. The maximum atomic E-state index is 6.14. The zero-order valence-corrected chi connectivity index (χ0v) is 9.20. The van der Waals surface area contributed by atoms with Crippen molar-refractivity contribution in [3.63, 3.8) is 0 Å². The van der Waals surface area contributed by atoms with Crippen molar-refractivity contribution in [3.8, 4) is 0 Å². The fraction of sp³-hybridized carbons (Fsp3) is 0.455. The Labute approximate surface area is 85.1 Å². The van der Waals surface area contributed by atoms with Crippen LogP contribution in [0, 0.1) is 13.8 Å². The van der Waals surface area contributed by atoms with E-state index in [-0.39, 0.29) is 0 Å². The molecule has 0 amide bonds. The molecule has 0 aliphatic heterocycles. The predicted octanol–water partition coefficient (Wildman–Crippen LogP) is 2.72. The van der Waals surface area contributed by atoms with Gasteiger partial charge < -0.3 is 5.32 Å². The summed E-state index contributed by atoms with van der Waals surface area (Å²) in [6.45, 7) is 5.16. The molecule has 0 spiro atoms. The fourth-order valence-electron chi connectivity index (χ4n) is 1.51. The van der Waals surface area contributed by atoms with Crippen LogP contribution in [0.2, 0.25) is 5.02 Å². The summed E-state index contributed by atoms with van der Waals surface area (Å²) in [4.78, 5) is 0. The highest BCUT2D eigenvalue weighted by Crippen LogP contribution is 2.21. The summed E-state index contributed by atoms with van der Waals surface area (Å²) < 4.78 is 0. The average molecular weight is 198 g/mol. The second-order valence-corrected chi connectivity index (χ2v) is 3.80. The van der Waals surface area contributed by atoms with Crippen molar-refractivity contribution in [2.75, 3.05) is 13.6 Å².